The lowest BCUT2D eigenvalue weighted by molar-refractivity contribution is 0.0590. The van der Waals surface area contributed by atoms with Gasteiger partial charge in [-0.15, -0.1) is 0 Å². The summed E-state index contributed by atoms with van der Waals surface area (Å²) in [6.45, 7) is 2.10. The van der Waals surface area contributed by atoms with Crippen LogP contribution in [0.5, 0.6) is 0 Å². The second-order valence-electron chi connectivity index (χ2n) is 10.2. The first-order valence-electron chi connectivity index (χ1n) is 12.6. The third-order valence-electron chi connectivity index (χ3n) is 7.89. The summed E-state index contributed by atoms with van der Waals surface area (Å²) in [7, 11) is -9.41. The van der Waals surface area contributed by atoms with Crippen molar-refractivity contribution >= 4 is 87.0 Å². The maximum Gasteiger partial charge on any atom is 0.286 e. The molecular formula is C28H21N3O10S2. The Bertz CT molecular complexity index is 2280. The molecule has 13 nitrogen and oxygen atoms in total. The van der Waals surface area contributed by atoms with Gasteiger partial charge in [-0.2, -0.15) is 16.8 Å². The number of imide groups is 1. The van der Waals surface area contributed by atoms with Crippen LogP contribution < -0.4 is 11.1 Å². The van der Waals surface area contributed by atoms with E-state index in [0.29, 0.717) is 37.2 Å². The number of hydrogen-bond acceptors (Lipinski definition) is 8. The average Bonchev–Trinajstić information content (AvgIpc) is 2.93. The highest BCUT2D eigenvalue weighted by atomic mass is 32.2. The van der Waals surface area contributed by atoms with Gasteiger partial charge in [0, 0.05) is 33.0 Å². The molecule has 2 unspecified atom stereocenters. The molecule has 43 heavy (non-hydrogen) atoms. The summed E-state index contributed by atoms with van der Waals surface area (Å²) in [5, 5.41) is 2.11. The van der Waals surface area contributed by atoms with Crippen molar-refractivity contribution in [2.24, 2.45) is 5.73 Å². The molecule has 0 saturated heterocycles. The maximum atomic E-state index is 13.4. The van der Waals surface area contributed by atoms with Gasteiger partial charge in [0.05, 0.1) is 0 Å². The lowest BCUT2D eigenvalue weighted by Gasteiger charge is -2.31. The summed E-state index contributed by atoms with van der Waals surface area (Å²) in [5.74, 6) is -3.57. The molecule has 4 amide bonds. The molecule has 2 atom stereocenters. The van der Waals surface area contributed by atoms with Crippen LogP contribution in [0.1, 0.15) is 55.3 Å². The molecule has 1 aliphatic heterocycles. The molecular weight excluding hydrogens is 602 g/mol. The van der Waals surface area contributed by atoms with E-state index in [1.54, 1.807) is 24.3 Å². The van der Waals surface area contributed by atoms with Crippen molar-refractivity contribution < 1.29 is 45.1 Å². The topological polar surface area (TPSA) is 218 Å². The third kappa shape index (κ3) is 4.04. The lowest BCUT2D eigenvalue weighted by atomic mass is 9.83. The van der Waals surface area contributed by atoms with Crippen LogP contribution in [0.4, 0.5) is 0 Å². The Morgan fingerprint density at radius 2 is 1.14 bits per heavy atom. The van der Waals surface area contributed by atoms with Crippen LogP contribution in [-0.4, -0.2) is 65.2 Å². The predicted molar refractivity (Wildman–Crippen MR) is 156 cm³/mol. The number of primary amides is 1. The van der Waals surface area contributed by atoms with Crippen molar-refractivity contribution in [2.45, 2.75) is 24.6 Å². The molecule has 0 aromatic heterocycles. The summed E-state index contributed by atoms with van der Waals surface area (Å²) >= 11 is 0. The highest BCUT2D eigenvalue weighted by molar-refractivity contribution is 7.86. The number of benzene rings is 5. The van der Waals surface area contributed by atoms with E-state index < -0.39 is 54.6 Å². The van der Waals surface area contributed by atoms with Crippen molar-refractivity contribution in [3.05, 3.63) is 70.8 Å². The standard InChI is InChI=1S/C28H21N3O10S2/c1-11(42(36,37)38)30-26(33)18-8-4-14-16-6-10-20-24-19(27(34)31(28(20)35)12(2)43(39,40)41)9-5-15(22(16)24)13-3-7-17(25(29)32)23(18)21(13)14/h3-12H,1-2H3,(H2,29,32)(H,30,33)(H,36,37,38)(H,39,40,41). The molecule has 0 spiro atoms. The minimum absolute atomic E-state index is 0.0282. The Kier molecular flexibility index (Phi) is 6.05. The van der Waals surface area contributed by atoms with Gasteiger partial charge in [0.2, 0.25) is 5.91 Å². The minimum Gasteiger partial charge on any atom is -0.366 e. The molecule has 5 aromatic carbocycles. The number of nitrogens with one attached hydrogen (secondary N) is 1. The largest absolute Gasteiger partial charge is 0.366 e. The van der Waals surface area contributed by atoms with E-state index in [1.807, 2.05) is 0 Å². The van der Waals surface area contributed by atoms with E-state index in [4.69, 9.17) is 5.73 Å². The Hall–Kier alpha value is -4.70. The second-order valence-corrected chi connectivity index (χ2v) is 13.7. The zero-order chi connectivity index (χ0) is 31.3. The van der Waals surface area contributed by atoms with Crippen molar-refractivity contribution in [1.29, 1.82) is 0 Å². The van der Waals surface area contributed by atoms with Crippen LogP contribution in [0.2, 0.25) is 0 Å². The van der Waals surface area contributed by atoms with Crippen LogP contribution in [0, 0.1) is 0 Å². The number of nitrogens with two attached hydrogens (primary N) is 1. The molecule has 0 fully saturated rings. The molecule has 5 aromatic rings. The lowest BCUT2D eigenvalue weighted by Crippen LogP contribution is -2.48. The number of carbonyl (C=O) groups excluding carboxylic acids is 4. The van der Waals surface area contributed by atoms with Gasteiger partial charge < -0.3 is 11.1 Å². The first-order chi connectivity index (χ1) is 20.0. The fourth-order valence-corrected chi connectivity index (χ4v) is 6.51. The molecule has 1 heterocycles. The molecule has 5 N–H and O–H groups in total. The average molecular weight is 624 g/mol. The molecule has 0 aliphatic carbocycles. The Morgan fingerprint density at radius 1 is 0.698 bits per heavy atom. The first-order valence-corrected chi connectivity index (χ1v) is 15.7. The second kappa shape index (κ2) is 9.15. The summed E-state index contributed by atoms with van der Waals surface area (Å²) in [6, 6.07) is 12.0. The number of hydrogen-bond donors (Lipinski definition) is 4. The van der Waals surface area contributed by atoms with E-state index in [0.717, 1.165) is 13.8 Å². The van der Waals surface area contributed by atoms with Crippen LogP contribution in [0.3, 0.4) is 0 Å². The summed E-state index contributed by atoms with van der Waals surface area (Å²) in [4.78, 5) is 53.1. The number of carbonyl (C=O) groups is 4. The SMILES string of the molecule is CC(NC(=O)c1ccc2c3ccc4c5c(ccc(c6ccc(C(N)=O)c1c62)c53)C(=O)N(C(C)S(=O)(=O)O)C4=O)S(=O)(=O)O. The van der Waals surface area contributed by atoms with E-state index in [2.05, 4.69) is 5.32 Å². The molecule has 6 rings (SSSR count). The molecule has 0 bridgehead atoms. The number of rotatable bonds is 6. The van der Waals surface area contributed by atoms with Gasteiger partial charge in [0.15, 0.2) is 10.7 Å². The van der Waals surface area contributed by atoms with Crippen molar-refractivity contribution in [2.75, 3.05) is 0 Å². The van der Waals surface area contributed by atoms with Gasteiger partial charge >= 0.3 is 0 Å². The fraction of sp³-hybridized carbons (Fsp3) is 0.143. The minimum atomic E-state index is -4.79. The van der Waals surface area contributed by atoms with Crippen LogP contribution in [-0.2, 0) is 20.2 Å². The Morgan fingerprint density at radius 3 is 1.58 bits per heavy atom. The van der Waals surface area contributed by atoms with E-state index in [1.165, 1.54) is 24.3 Å². The van der Waals surface area contributed by atoms with E-state index in [9.17, 15) is 45.1 Å². The van der Waals surface area contributed by atoms with Gasteiger partial charge in [-0.05, 0) is 70.4 Å². The molecule has 0 radical (unpaired) electrons. The van der Waals surface area contributed by atoms with Crippen LogP contribution in [0.25, 0.3) is 43.1 Å². The first kappa shape index (κ1) is 28.4. The molecule has 1 aliphatic rings. The quantitative estimate of drug-likeness (QED) is 0.0937. The number of nitrogens with zero attached hydrogens (tertiary/aromatic N) is 1. The highest BCUT2D eigenvalue weighted by Gasteiger charge is 2.41. The fourth-order valence-electron chi connectivity index (χ4n) is 5.79. The van der Waals surface area contributed by atoms with Gasteiger partial charge in [0.1, 0.15) is 0 Å². The normalized spacial score (nSPS) is 15.5. The molecule has 0 saturated carbocycles. The van der Waals surface area contributed by atoms with Crippen molar-refractivity contribution in [1.82, 2.24) is 10.2 Å². The third-order valence-corrected chi connectivity index (χ3v) is 9.97. The molecule has 220 valence electrons. The summed E-state index contributed by atoms with van der Waals surface area (Å²) < 4.78 is 65.7. The summed E-state index contributed by atoms with van der Waals surface area (Å²) in [6.07, 6.45) is 0. The monoisotopic (exact) mass is 623 g/mol. The smallest absolute Gasteiger partial charge is 0.286 e. The van der Waals surface area contributed by atoms with Crippen molar-refractivity contribution in [3.63, 3.8) is 0 Å². The van der Waals surface area contributed by atoms with Crippen LogP contribution in [0.15, 0.2) is 48.5 Å². The van der Waals surface area contributed by atoms with Crippen LogP contribution >= 0.6 is 0 Å². The Balaban J connectivity index is 1.70. The zero-order valence-corrected chi connectivity index (χ0v) is 23.9. The number of amides is 4. The van der Waals surface area contributed by atoms with Gasteiger partial charge in [-0.3, -0.25) is 33.2 Å². The van der Waals surface area contributed by atoms with Gasteiger partial charge in [0.25, 0.3) is 38.0 Å². The number of fused-ring (bicyclic) bond motifs is 2. The van der Waals surface area contributed by atoms with Gasteiger partial charge in [-0.1, -0.05) is 24.3 Å². The molecule has 15 heteroatoms. The van der Waals surface area contributed by atoms with E-state index >= 15 is 0 Å². The van der Waals surface area contributed by atoms with Gasteiger partial charge in [-0.25, -0.2) is 0 Å². The predicted octanol–water partition coefficient (Wildman–Crippen LogP) is 2.63. The zero-order valence-electron chi connectivity index (χ0n) is 22.3. The summed E-state index contributed by atoms with van der Waals surface area (Å²) in [5.41, 5.74) is 5.63. The highest BCUT2D eigenvalue weighted by Crippen LogP contribution is 2.45. The Labute approximate surface area is 243 Å². The maximum absolute atomic E-state index is 13.4. The van der Waals surface area contributed by atoms with Crippen molar-refractivity contribution in [3.8, 4) is 0 Å². The van der Waals surface area contributed by atoms with E-state index in [-0.39, 0.29) is 33.0 Å².